The van der Waals surface area contributed by atoms with Gasteiger partial charge in [-0.3, -0.25) is 0 Å². The molecule has 0 bridgehead atoms. The summed E-state index contributed by atoms with van der Waals surface area (Å²) in [5, 5.41) is 3.56. The second kappa shape index (κ2) is 7.91. The molecule has 0 radical (unpaired) electrons. The zero-order valence-electron chi connectivity index (χ0n) is 14.4. The van der Waals surface area contributed by atoms with Crippen LogP contribution in [0.4, 0.5) is 0 Å². The van der Waals surface area contributed by atoms with E-state index in [2.05, 4.69) is 31.0 Å². The third kappa shape index (κ3) is 6.23. The van der Waals surface area contributed by atoms with E-state index in [1.54, 1.807) is 0 Å². The van der Waals surface area contributed by atoms with E-state index in [-0.39, 0.29) is 5.54 Å². The van der Waals surface area contributed by atoms with Gasteiger partial charge in [-0.25, -0.2) is 0 Å². The lowest BCUT2D eigenvalue weighted by Crippen LogP contribution is -2.43. The van der Waals surface area contributed by atoms with Crippen molar-refractivity contribution in [2.24, 2.45) is 5.92 Å². The van der Waals surface area contributed by atoms with Crippen LogP contribution in [-0.2, 0) is 9.47 Å². The Labute approximate surface area is 130 Å². The van der Waals surface area contributed by atoms with Gasteiger partial charge in [-0.2, -0.15) is 0 Å². The lowest BCUT2D eigenvalue weighted by atomic mass is 9.98. The SMILES string of the molecule is COCC1CCCN(CC2CCC(CNC(C)(C)C)O2)C1. The Morgan fingerprint density at radius 1 is 1.19 bits per heavy atom. The lowest BCUT2D eigenvalue weighted by Gasteiger charge is -2.34. The first-order valence-electron chi connectivity index (χ1n) is 8.58. The number of likely N-dealkylation sites (tertiary alicyclic amines) is 1. The molecule has 2 heterocycles. The van der Waals surface area contributed by atoms with Crippen molar-refractivity contribution in [3.63, 3.8) is 0 Å². The number of piperidine rings is 1. The van der Waals surface area contributed by atoms with Crippen molar-refractivity contribution >= 4 is 0 Å². The summed E-state index contributed by atoms with van der Waals surface area (Å²) >= 11 is 0. The molecule has 124 valence electrons. The summed E-state index contributed by atoms with van der Waals surface area (Å²) in [6.07, 6.45) is 5.85. The van der Waals surface area contributed by atoms with Crippen molar-refractivity contribution < 1.29 is 9.47 Å². The zero-order chi connectivity index (χ0) is 15.3. The highest BCUT2D eigenvalue weighted by molar-refractivity contribution is 4.82. The smallest absolute Gasteiger partial charge is 0.0707 e. The molecule has 3 atom stereocenters. The van der Waals surface area contributed by atoms with E-state index in [4.69, 9.17) is 9.47 Å². The minimum Gasteiger partial charge on any atom is -0.384 e. The number of ether oxygens (including phenoxy) is 2. The number of nitrogens with zero attached hydrogens (tertiary/aromatic N) is 1. The quantitative estimate of drug-likeness (QED) is 0.816. The Morgan fingerprint density at radius 3 is 2.67 bits per heavy atom. The first-order valence-corrected chi connectivity index (χ1v) is 8.58. The number of nitrogens with one attached hydrogen (secondary N) is 1. The van der Waals surface area contributed by atoms with Crippen LogP contribution in [0.25, 0.3) is 0 Å². The van der Waals surface area contributed by atoms with E-state index >= 15 is 0 Å². The van der Waals surface area contributed by atoms with E-state index in [0.717, 1.165) is 19.7 Å². The summed E-state index contributed by atoms with van der Waals surface area (Å²) in [4.78, 5) is 2.58. The van der Waals surface area contributed by atoms with Gasteiger partial charge in [-0.05, 0) is 58.9 Å². The Bertz CT molecular complexity index is 302. The molecule has 0 spiro atoms. The Kier molecular flexibility index (Phi) is 6.48. The first-order chi connectivity index (χ1) is 9.96. The molecule has 21 heavy (non-hydrogen) atoms. The Balaban J connectivity index is 1.67. The van der Waals surface area contributed by atoms with E-state index in [1.807, 2.05) is 7.11 Å². The van der Waals surface area contributed by atoms with Gasteiger partial charge < -0.3 is 19.7 Å². The standard InChI is InChI=1S/C17H34N2O2/c1-17(2,3)18-10-15-7-8-16(21-15)12-19-9-5-6-14(11-19)13-20-4/h14-16,18H,5-13H2,1-4H3. The van der Waals surface area contributed by atoms with Crippen LogP contribution in [0.5, 0.6) is 0 Å². The first kappa shape index (κ1) is 17.2. The van der Waals surface area contributed by atoms with Crippen LogP contribution in [0.1, 0.15) is 46.5 Å². The van der Waals surface area contributed by atoms with Crippen LogP contribution >= 0.6 is 0 Å². The molecule has 1 N–H and O–H groups in total. The minimum absolute atomic E-state index is 0.182. The summed E-state index contributed by atoms with van der Waals surface area (Å²) in [6.45, 7) is 12.0. The van der Waals surface area contributed by atoms with Gasteiger partial charge >= 0.3 is 0 Å². The molecular formula is C17H34N2O2. The number of hydrogen-bond acceptors (Lipinski definition) is 4. The van der Waals surface area contributed by atoms with Crippen molar-refractivity contribution in [3.05, 3.63) is 0 Å². The van der Waals surface area contributed by atoms with Crippen LogP contribution < -0.4 is 5.32 Å². The van der Waals surface area contributed by atoms with E-state index in [1.165, 1.54) is 38.8 Å². The third-order valence-corrected chi connectivity index (χ3v) is 4.52. The fraction of sp³-hybridized carbons (Fsp3) is 1.00. The second-order valence-corrected chi connectivity index (χ2v) is 7.81. The number of methoxy groups -OCH3 is 1. The molecule has 2 aliphatic heterocycles. The molecule has 2 rings (SSSR count). The molecule has 4 heteroatoms. The average molecular weight is 298 g/mol. The van der Waals surface area contributed by atoms with E-state index < -0.39 is 0 Å². The summed E-state index contributed by atoms with van der Waals surface area (Å²) in [7, 11) is 1.81. The van der Waals surface area contributed by atoms with Gasteiger partial charge in [0.2, 0.25) is 0 Å². The molecule has 3 unspecified atom stereocenters. The van der Waals surface area contributed by atoms with Crippen LogP contribution in [0.3, 0.4) is 0 Å². The molecule has 0 amide bonds. The summed E-state index contributed by atoms with van der Waals surface area (Å²) in [6, 6.07) is 0. The Hall–Kier alpha value is -0.160. The van der Waals surface area contributed by atoms with Crippen LogP contribution in [-0.4, -0.2) is 62.5 Å². The molecule has 0 aliphatic carbocycles. The Morgan fingerprint density at radius 2 is 1.95 bits per heavy atom. The van der Waals surface area contributed by atoms with Gasteiger partial charge in [0.25, 0.3) is 0 Å². The molecule has 0 aromatic heterocycles. The lowest BCUT2D eigenvalue weighted by molar-refractivity contribution is 0.00698. The van der Waals surface area contributed by atoms with E-state index in [9.17, 15) is 0 Å². The molecule has 2 saturated heterocycles. The number of hydrogen-bond donors (Lipinski definition) is 1. The normalized spacial score (nSPS) is 31.7. The maximum atomic E-state index is 6.22. The van der Waals surface area contributed by atoms with Gasteiger partial charge in [0.1, 0.15) is 0 Å². The summed E-state index contributed by atoms with van der Waals surface area (Å²) < 4.78 is 11.5. The molecule has 2 aliphatic rings. The summed E-state index contributed by atoms with van der Waals surface area (Å²) in [5.41, 5.74) is 0.182. The van der Waals surface area contributed by atoms with Crippen LogP contribution in [0.2, 0.25) is 0 Å². The van der Waals surface area contributed by atoms with E-state index in [0.29, 0.717) is 18.1 Å². The van der Waals surface area contributed by atoms with Crippen molar-refractivity contribution in [1.29, 1.82) is 0 Å². The predicted octanol–water partition coefficient (Wildman–Crippen LogP) is 2.28. The minimum atomic E-state index is 0.182. The molecule has 0 aromatic carbocycles. The average Bonchev–Trinajstić information content (AvgIpc) is 2.84. The highest BCUT2D eigenvalue weighted by Crippen LogP contribution is 2.23. The monoisotopic (exact) mass is 298 g/mol. The fourth-order valence-electron chi connectivity index (χ4n) is 3.46. The molecule has 0 aromatic rings. The topological polar surface area (TPSA) is 33.7 Å². The maximum absolute atomic E-state index is 6.22. The third-order valence-electron chi connectivity index (χ3n) is 4.52. The molecule has 2 fully saturated rings. The highest BCUT2D eigenvalue weighted by Gasteiger charge is 2.29. The maximum Gasteiger partial charge on any atom is 0.0707 e. The largest absolute Gasteiger partial charge is 0.384 e. The van der Waals surface area contributed by atoms with Crippen molar-refractivity contribution in [2.45, 2.75) is 64.2 Å². The fourth-order valence-corrected chi connectivity index (χ4v) is 3.46. The summed E-state index contributed by atoms with van der Waals surface area (Å²) in [5.74, 6) is 0.712. The highest BCUT2D eigenvalue weighted by atomic mass is 16.5. The number of rotatable bonds is 6. The predicted molar refractivity (Wildman–Crippen MR) is 86.7 cm³/mol. The van der Waals surface area contributed by atoms with Gasteiger partial charge in [-0.1, -0.05) is 0 Å². The zero-order valence-corrected chi connectivity index (χ0v) is 14.4. The second-order valence-electron chi connectivity index (χ2n) is 7.81. The molecule has 4 nitrogen and oxygen atoms in total. The molecular weight excluding hydrogens is 264 g/mol. The van der Waals surface area contributed by atoms with Gasteiger partial charge in [-0.15, -0.1) is 0 Å². The van der Waals surface area contributed by atoms with Gasteiger partial charge in [0.05, 0.1) is 18.8 Å². The van der Waals surface area contributed by atoms with Crippen molar-refractivity contribution in [3.8, 4) is 0 Å². The molecule has 0 saturated carbocycles. The van der Waals surface area contributed by atoms with Crippen molar-refractivity contribution in [1.82, 2.24) is 10.2 Å². The van der Waals surface area contributed by atoms with Gasteiger partial charge in [0, 0.05) is 32.3 Å². The van der Waals surface area contributed by atoms with Crippen molar-refractivity contribution in [2.75, 3.05) is 39.9 Å². The van der Waals surface area contributed by atoms with Gasteiger partial charge in [0.15, 0.2) is 0 Å². The van der Waals surface area contributed by atoms with Crippen LogP contribution in [0, 0.1) is 5.92 Å². The van der Waals surface area contributed by atoms with Crippen LogP contribution in [0.15, 0.2) is 0 Å².